The number of nitrogens with one attached hydrogen (secondary N) is 1. The molecule has 12 heteroatoms. The van der Waals surface area contributed by atoms with Crippen LogP contribution < -0.4 is 10.1 Å². The van der Waals surface area contributed by atoms with Crippen LogP contribution >= 0.6 is 11.6 Å². The van der Waals surface area contributed by atoms with Crippen molar-refractivity contribution in [1.29, 1.82) is 0 Å². The van der Waals surface area contributed by atoms with Crippen molar-refractivity contribution in [3.05, 3.63) is 81.1 Å². The van der Waals surface area contributed by atoms with E-state index in [0.717, 1.165) is 17.7 Å². The van der Waals surface area contributed by atoms with Gasteiger partial charge < -0.3 is 10.1 Å². The summed E-state index contributed by atoms with van der Waals surface area (Å²) in [5.41, 5.74) is -1.65. The summed E-state index contributed by atoms with van der Waals surface area (Å²) in [7, 11) is 0. The van der Waals surface area contributed by atoms with Gasteiger partial charge >= 0.3 is 12.3 Å². The van der Waals surface area contributed by atoms with Gasteiger partial charge in [-0.05, 0) is 30.2 Å². The van der Waals surface area contributed by atoms with E-state index >= 15 is 0 Å². The van der Waals surface area contributed by atoms with E-state index in [9.17, 15) is 28.1 Å². The maximum Gasteiger partial charge on any atom is 0.437 e. The lowest BCUT2D eigenvalue weighted by Gasteiger charge is -2.13. The molecule has 162 valence electrons. The number of halogens is 4. The minimum Gasteiger partial charge on any atom is -0.406 e. The summed E-state index contributed by atoms with van der Waals surface area (Å²) >= 11 is 5.87. The smallest absolute Gasteiger partial charge is 0.406 e. The Bertz CT molecular complexity index is 1120. The Morgan fingerprint density at radius 3 is 2.65 bits per heavy atom. The predicted molar refractivity (Wildman–Crippen MR) is 104 cm³/mol. The van der Waals surface area contributed by atoms with Crippen LogP contribution in [0.3, 0.4) is 0 Å². The number of nitrogens with zero attached hydrogens (tertiary/aromatic N) is 3. The third-order valence-electron chi connectivity index (χ3n) is 4.09. The molecule has 0 aliphatic carbocycles. The first kappa shape index (κ1) is 22.1. The highest BCUT2D eigenvalue weighted by Crippen LogP contribution is 2.39. The molecule has 0 atom stereocenters. The van der Waals surface area contributed by atoms with Gasteiger partial charge in [-0.15, -0.1) is 0 Å². The van der Waals surface area contributed by atoms with Gasteiger partial charge in [0.05, 0.1) is 11.1 Å². The van der Waals surface area contributed by atoms with E-state index in [2.05, 4.69) is 10.4 Å². The van der Waals surface area contributed by atoms with Crippen LogP contribution in [0, 0.1) is 10.1 Å². The summed E-state index contributed by atoms with van der Waals surface area (Å²) in [6.45, 7) is 0.0822. The molecule has 1 amide bonds. The van der Waals surface area contributed by atoms with Crippen molar-refractivity contribution in [2.75, 3.05) is 6.54 Å². The molecule has 2 aromatic carbocycles. The first-order chi connectivity index (χ1) is 14.7. The molecule has 1 heterocycles. The summed E-state index contributed by atoms with van der Waals surface area (Å²) in [4.78, 5) is 22.3. The minimum atomic E-state index is -5.00. The van der Waals surface area contributed by atoms with Gasteiger partial charge in [0.2, 0.25) is 0 Å². The Hall–Kier alpha value is -3.60. The second-order valence-corrected chi connectivity index (χ2v) is 6.65. The highest BCUT2D eigenvalue weighted by atomic mass is 35.5. The monoisotopic (exact) mass is 454 g/mol. The highest BCUT2D eigenvalue weighted by molar-refractivity contribution is 6.30. The number of benzene rings is 2. The van der Waals surface area contributed by atoms with Crippen molar-refractivity contribution >= 4 is 23.4 Å². The summed E-state index contributed by atoms with van der Waals surface area (Å²) in [6, 6.07) is 11.7. The van der Waals surface area contributed by atoms with E-state index in [1.807, 2.05) is 0 Å². The molecule has 3 rings (SSSR count). The topological polar surface area (TPSA) is 99.3 Å². The molecule has 0 saturated heterocycles. The first-order valence-electron chi connectivity index (χ1n) is 8.76. The molecule has 0 saturated carbocycles. The molecule has 8 nitrogen and oxygen atoms in total. The lowest BCUT2D eigenvalue weighted by atomic mass is 10.1. The summed E-state index contributed by atoms with van der Waals surface area (Å²) < 4.78 is 46.1. The van der Waals surface area contributed by atoms with Crippen molar-refractivity contribution in [1.82, 2.24) is 15.1 Å². The third-order valence-corrected chi connectivity index (χ3v) is 4.32. The van der Waals surface area contributed by atoms with Crippen LogP contribution in [0.4, 0.5) is 23.7 Å². The second-order valence-electron chi connectivity index (χ2n) is 6.21. The Labute approximate surface area is 178 Å². The van der Waals surface area contributed by atoms with Gasteiger partial charge in [0.25, 0.3) is 5.69 Å². The van der Waals surface area contributed by atoms with Crippen molar-refractivity contribution < 1.29 is 27.6 Å². The van der Waals surface area contributed by atoms with Crippen LogP contribution in [-0.2, 0) is 12.6 Å². The SMILES string of the molecule is O=C(NCCc1cccc(Cl)c1)Oc1cnn(-c2ccccc2[N+](=O)[O-])c1C(F)(F)F. The normalized spacial score (nSPS) is 11.2. The molecule has 0 unspecified atom stereocenters. The molecule has 0 bridgehead atoms. The number of para-hydroxylation sites is 2. The Balaban J connectivity index is 1.79. The molecule has 1 aromatic heterocycles. The predicted octanol–water partition coefficient (Wildman–Crippen LogP) is 4.78. The number of nitro benzene ring substituents is 1. The maximum absolute atomic E-state index is 13.7. The van der Waals surface area contributed by atoms with Gasteiger partial charge in [-0.25, -0.2) is 9.48 Å². The molecule has 0 fully saturated rings. The molecule has 0 spiro atoms. The molecule has 0 aliphatic rings. The van der Waals surface area contributed by atoms with Crippen molar-refractivity contribution in [3.63, 3.8) is 0 Å². The van der Waals surface area contributed by atoms with Crippen LogP contribution in [-0.4, -0.2) is 27.3 Å². The second kappa shape index (κ2) is 9.04. The van der Waals surface area contributed by atoms with Crippen molar-refractivity contribution in [2.45, 2.75) is 12.6 Å². The van der Waals surface area contributed by atoms with E-state index in [4.69, 9.17) is 16.3 Å². The molecular weight excluding hydrogens is 441 g/mol. The van der Waals surface area contributed by atoms with Crippen molar-refractivity contribution in [2.24, 2.45) is 0 Å². The molecular formula is C19H14ClF3N4O4. The van der Waals surface area contributed by atoms with Gasteiger partial charge in [-0.1, -0.05) is 35.9 Å². The third kappa shape index (κ3) is 5.31. The lowest BCUT2D eigenvalue weighted by molar-refractivity contribution is -0.384. The average molecular weight is 455 g/mol. The number of hydrogen-bond acceptors (Lipinski definition) is 5. The number of aromatic nitrogens is 2. The largest absolute Gasteiger partial charge is 0.437 e. The summed E-state index contributed by atoms with van der Waals surface area (Å²) in [5, 5.41) is 17.6. The van der Waals surface area contributed by atoms with Gasteiger partial charge in [0.15, 0.2) is 11.4 Å². The Morgan fingerprint density at radius 2 is 1.97 bits per heavy atom. The number of ether oxygens (including phenoxy) is 1. The Kier molecular flexibility index (Phi) is 6.44. The zero-order valence-corrected chi connectivity index (χ0v) is 16.4. The summed E-state index contributed by atoms with van der Waals surface area (Å²) in [6.07, 6.45) is -5.08. The van der Waals surface area contributed by atoms with E-state index < -0.39 is 40.0 Å². The zero-order valence-electron chi connectivity index (χ0n) is 15.6. The van der Waals surface area contributed by atoms with E-state index in [-0.39, 0.29) is 6.54 Å². The summed E-state index contributed by atoms with van der Waals surface area (Å²) in [5.74, 6) is -0.883. The molecule has 1 N–H and O–H groups in total. The fourth-order valence-electron chi connectivity index (χ4n) is 2.79. The zero-order chi connectivity index (χ0) is 22.6. The number of nitro groups is 1. The van der Waals surface area contributed by atoms with Gasteiger partial charge in [-0.3, -0.25) is 10.1 Å². The van der Waals surface area contributed by atoms with E-state index in [1.54, 1.807) is 24.3 Å². The molecule has 31 heavy (non-hydrogen) atoms. The van der Waals surface area contributed by atoms with Crippen LogP contribution in [0.5, 0.6) is 5.75 Å². The maximum atomic E-state index is 13.7. The fraction of sp³-hybridized carbons (Fsp3) is 0.158. The van der Waals surface area contributed by atoms with Gasteiger partial charge in [0.1, 0.15) is 5.69 Å². The van der Waals surface area contributed by atoms with Crippen LogP contribution in [0.1, 0.15) is 11.3 Å². The van der Waals surface area contributed by atoms with Crippen LogP contribution in [0.15, 0.2) is 54.7 Å². The number of amides is 1. The quantitative estimate of drug-likeness (QED) is 0.426. The fourth-order valence-corrected chi connectivity index (χ4v) is 3.00. The number of carbonyl (C=O) groups is 1. The highest BCUT2D eigenvalue weighted by Gasteiger charge is 2.41. The standard InChI is InChI=1S/C19H14ClF3N4O4/c20-13-5-3-4-12(10-13)8-9-24-18(28)31-16-11-25-26(17(16)19(21,22)23)14-6-1-2-7-15(14)27(29)30/h1-7,10-11H,8-9H2,(H,24,28). The van der Waals surface area contributed by atoms with Crippen LogP contribution in [0.2, 0.25) is 5.02 Å². The number of carbonyl (C=O) groups excluding carboxylic acids is 1. The van der Waals surface area contributed by atoms with Crippen molar-refractivity contribution in [3.8, 4) is 11.4 Å². The number of rotatable bonds is 6. The van der Waals surface area contributed by atoms with Gasteiger partial charge in [-0.2, -0.15) is 18.3 Å². The Morgan fingerprint density at radius 1 is 1.23 bits per heavy atom. The lowest BCUT2D eigenvalue weighted by Crippen LogP contribution is -2.29. The minimum absolute atomic E-state index is 0.0822. The van der Waals surface area contributed by atoms with E-state index in [0.29, 0.717) is 22.3 Å². The number of hydrogen-bond donors (Lipinski definition) is 1. The molecule has 0 aliphatic heterocycles. The number of alkyl halides is 3. The first-order valence-corrected chi connectivity index (χ1v) is 9.13. The average Bonchev–Trinajstić information content (AvgIpc) is 3.12. The van der Waals surface area contributed by atoms with E-state index in [1.165, 1.54) is 12.1 Å². The molecule has 3 aromatic rings. The molecule has 0 radical (unpaired) electrons. The van der Waals surface area contributed by atoms with Crippen LogP contribution in [0.25, 0.3) is 5.69 Å². The van der Waals surface area contributed by atoms with Gasteiger partial charge in [0, 0.05) is 17.6 Å².